The standard InChI is InChI=1S/C18H18F4N2O/c1-2-10-7-15(23-9-10)17(25)24-16(11-3-4-11)13-6-5-12(8-14(13)19)18(20,21)22/h1,5-6,8,10-11,15-16,23H,3-4,7,9H2,(H,24,25)/t10-,15-,16-/m1/s1. The highest BCUT2D eigenvalue weighted by atomic mass is 19.4. The van der Waals surface area contributed by atoms with E-state index in [0.717, 1.165) is 25.0 Å². The molecule has 2 N–H and O–H groups in total. The number of carbonyl (C=O) groups is 1. The Morgan fingerprint density at radius 1 is 1.36 bits per heavy atom. The van der Waals surface area contributed by atoms with E-state index in [1.165, 1.54) is 0 Å². The molecule has 3 rings (SSSR count). The molecule has 25 heavy (non-hydrogen) atoms. The Morgan fingerprint density at radius 3 is 2.60 bits per heavy atom. The average molecular weight is 354 g/mol. The fraction of sp³-hybridized carbons (Fsp3) is 0.500. The first kappa shape index (κ1) is 17.7. The van der Waals surface area contributed by atoms with Crippen molar-refractivity contribution in [3.63, 3.8) is 0 Å². The quantitative estimate of drug-likeness (QED) is 0.645. The number of alkyl halides is 3. The van der Waals surface area contributed by atoms with Gasteiger partial charge in [-0.15, -0.1) is 12.3 Å². The van der Waals surface area contributed by atoms with Crippen molar-refractivity contribution in [3.8, 4) is 12.3 Å². The minimum Gasteiger partial charge on any atom is -0.348 e. The van der Waals surface area contributed by atoms with Gasteiger partial charge in [0.05, 0.1) is 17.6 Å². The molecular formula is C18H18F4N2O. The number of nitrogens with one attached hydrogen (secondary N) is 2. The predicted molar refractivity (Wildman–Crippen MR) is 83.7 cm³/mol. The number of rotatable bonds is 4. The van der Waals surface area contributed by atoms with E-state index in [1.54, 1.807) is 0 Å². The molecule has 1 saturated heterocycles. The molecule has 0 aromatic heterocycles. The maximum Gasteiger partial charge on any atom is 0.416 e. The molecule has 1 aliphatic heterocycles. The lowest BCUT2D eigenvalue weighted by Crippen LogP contribution is -2.42. The van der Waals surface area contributed by atoms with Gasteiger partial charge in [-0.1, -0.05) is 6.07 Å². The third-order valence-corrected chi connectivity index (χ3v) is 4.74. The zero-order chi connectivity index (χ0) is 18.2. The van der Waals surface area contributed by atoms with Crippen molar-refractivity contribution in [1.82, 2.24) is 10.6 Å². The number of carbonyl (C=O) groups excluding carboxylic acids is 1. The second-order valence-electron chi connectivity index (χ2n) is 6.62. The van der Waals surface area contributed by atoms with Crippen LogP contribution >= 0.6 is 0 Å². The SMILES string of the molecule is C#C[C@H]1CN[C@@H](C(=O)N[C@@H](c2ccc(C(F)(F)F)cc2F)C2CC2)C1. The molecule has 1 aliphatic carbocycles. The number of hydrogen-bond donors (Lipinski definition) is 2. The van der Waals surface area contributed by atoms with Crippen molar-refractivity contribution >= 4 is 5.91 Å². The van der Waals surface area contributed by atoms with Gasteiger partial charge in [-0.3, -0.25) is 4.79 Å². The van der Waals surface area contributed by atoms with Gasteiger partial charge in [0.25, 0.3) is 0 Å². The van der Waals surface area contributed by atoms with E-state index in [4.69, 9.17) is 6.42 Å². The second kappa shape index (κ2) is 6.68. The third-order valence-electron chi connectivity index (χ3n) is 4.74. The number of halogens is 4. The lowest BCUT2D eigenvalue weighted by molar-refractivity contribution is -0.137. The van der Waals surface area contributed by atoms with Crippen LogP contribution in [0, 0.1) is 30.0 Å². The highest BCUT2D eigenvalue weighted by Gasteiger charge is 2.38. The Balaban J connectivity index is 1.76. The van der Waals surface area contributed by atoms with Crippen molar-refractivity contribution < 1.29 is 22.4 Å². The van der Waals surface area contributed by atoms with Gasteiger partial charge in [0.15, 0.2) is 0 Å². The zero-order valence-corrected chi connectivity index (χ0v) is 13.4. The first-order valence-corrected chi connectivity index (χ1v) is 8.16. The summed E-state index contributed by atoms with van der Waals surface area (Å²) in [4.78, 5) is 12.4. The van der Waals surface area contributed by atoms with Crippen LogP contribution in [0.2, 0.25) is 0 Å². The van der Waals surface area contributed by atoms with Crippen molar-refractivity contribution in [3.05, 3.63) is 35.1 Å². The summed E-state index contributed by atoms with van der Waals surface area (Å²) in [6, 6.07) is 1.37. The first-order chi connectivity index (χ1) is 11.8. The Kier molecular flexibility index (Phi) is 4.74. The fourth-order valence-electron chi connectivity index (χ4n) is 3.15. The maximum atomic E-state index is 14.3. The molecule has 7 heteroatoms. The predicted octanol–water partition coefficient (Wildman–Crippen LogP) is 3.02. The third kappa shape index (κ3) is 3.96. The van der Waals surface area contributed by atoms with E-state index >= 15 is 0 Å². The number of hydrogen-bond acceptors (Lipinski definition) is 2. The Bertz CT molecular complexity index is 706. The Labute approximate surface area is 143 Å². The van der Waals surface area contributed by atoms with Crippen LogP contribution in [0.25, 0.3) is 0 Å². The van der Waals surface area contributed by atoms with Crippen molar-refractivity contribution in [1.29, 1.82) is 0 Å². The van der Waals surface area contributed by atoms with E-state index in [0.29, 0.717) is 19.0 Å². The summed E-state index contributed by atoms with van der Waals surface area (Å²) in [6.07, 6.45) is 2.85. The molecule has 0 bridgehead atoms. The zero-order valence-electron chi connectivity index (χ0n) is 13.4. The van der Waals surface area contributed by atoms with Gasteiger partial charge in [-0.05, 0) is 37.3 Å². The summed E-state index contributed by atoms with van der Waals surface area (Å²) >= 11 is 0. The number of terminal acetylenes is 1. The van der Waals surface area contributed by atoms with Gasteiger partial charge in [-0.25, -0.2) is 4.39 Å². The minimum atomic E-state index is -4.60. The van der Waals surface area contributed by atoms with Gasteiger partial charge < -0.3 is 10.6 Å². The highest BCUT2D eigenvalue weighted by molar-refractivity contribution is 5.82. The monoisotopic (exact) mass is 354 g/mol. The maximum absolute atomic E-state index is 14.3. The summed E-state index contributed by atoms with van der Waals surface area (Å²) in [5.74, 6) is 1.35. The summed E-state index contributed by atoms with van der Waals surface area (Å²) in [7, 11) is 0. The van der Waals surface area contributed by atoms with Crippen LogP contribution in [-0.2, 0) is 11.0 Å². The summed E-state index contributed by atoms with van der Waals surface area (Å²) in [6.45, 7) is 0.539. The molecule has 2 fully saturated rings. The Morgan fingerprint density at radius 2 is 2.08 bits per heavy atom. The van der Waals surface area contributed by atoms with E-state index < -0.39 is 29.6 Å². The van der Waals surface area contributed by atoms with E-state index in [-0.39, 0.29) is 23.3 Å². The molecule has 0 spiro atoms. The molecular weight excluding hydrogens is 336 g/mol. The van der Waals surface area contributed by atoms with Crippen LogP contribution in [0.4, 0.5) is 17.6 Å². The van der Waals surface area contributed by atoms with Crippen LogP contribution in [0.5, 0.6) is 0 Å². The molecule has 1 aromatic rings. The molecule has 1 heterocycles. The lowest BCUT2D eigenvalue weighted by atomic mass is 9.99. The van der Waals surface area contributed by atoms with Gasteiger partial charge in [0.1, 0.15) is 5.82 Å². The molecule has 3 nitrogen and oxygen atoms in total. The van der Waals surface area contributed by atoms with Crippen LogP contribution in [0.1, 0.15) is 36.4 Å². The molecule has 1 aromatic carbocycles. The van der Waals surface area contributed by atoms with Crippen LogP contribution < -0.4 is 10.6 Å². The van der Waals surface area contributed by atoms with Gasteiger partial charge >= 0.3 is 6.18 Å². The van der Waals surface area contributed by atoms with Crippen LogP contribution in [-0.4, -0.2) is 18.5 Å². The molecule has 134 valence electrons. The van der Waals surface area contributed by atoms with E-state index in [1.807, 2.05) is 0 Å². The summed E-state index contributed by atoms with van der Waals surface area (Å²) in [5.41, 5.74) is -0.945. The van der Waals surface area contributed by atoms with Crippen molar-refractivity contribution in [2.75, 3.05) is 6.54 Å². The fourth-order valence-corrected chi connectivity index (χ4v) is 3.15. The van der Waals surface area contributed by atoms with Crippen LogP contribution in [0.3, 0.4) is 0 Å². The highest BCUT2D eigenvalue weighted by Crippen LogP contribution is 2.42. The molecule has 0 radical (unpaired) electrons. The second-order valence-corrected chi connectivity index (χ2v) is 6.62. The number of amides is 1. The van der Waals surface area contributed by atoms with Gasteiger partial charge in [-0.2, -0.15) is 13.2 Å². The van der Waals surface area contributed by atoms with Crippen molar-refractivity contribution in [2.45, 2.75) is 37.5 Å². The smallest absolute Gasteiger partial charge is 0.348 e. The summed E-state index contributed by atoms with van der Waals surface area (Å²) in [5, 5.41) is 5.81. The number of benzene rings is 1. The lowest BCUT2D eigenvalue weighted by Gasteiger charge is -2.22. The topological polar surface area (TPSA) is 41.1 Å². The largest absolute Gasteiger partial charge is 0.416 e. The first-order valence-electron chi connectivity index (χ1n) is 8.16. The van der Waals surface area contributed by atoms with E-state index in [9.17, 15) is 22.4 Å². The van der Waals surface area contributed by atoms with Gasteiger partial charge in [0, 0.05) is 18.0 Å². The molecule has 1 saturated carbocycles. The average Bonchev–Trinajstić information content (AvgIpc) is 3.28. The van der Waals surface area contributed by atoms with Gasteiger partial charge in [0.2, 0.25) is 5.91 Å². The Hall–Kier alpha value is -2.07. The normalized spacial score (nSPS) is 24.6. The minimum absolute atomic E-state index is 0.0297. The summed E-state index contributed by atoms with van der Waals surface area (Å²) < 4.78 is 52.4. The van der Waals surface area contributed by atoms with Crippen LogP contribution in [0.15, 0.2) is 18.2 Å². The van der Waals surface area contributed by atoms with E-state index in [2.05, 4.69) is 16.6 Å². The van der Waals surface area contributed by atoms with Crippen molar-refractivity contribution in [2.24, 2.45) is 11.8 Å². The molecule has 1 amide bonds. The molecule has 2 aliphatic rings. The molecule has 3 atom stereocenters. The molecule has 0 unspecified atom stereocenters.